The first-order valence-corrected chi connectivity index (χ1v) is 9.67. The van der Waals surface area contributed by atoms with Gasteiger partial charge in [-0.05, 0) is 28.5 Å². The van der Waals surface area contributed by atoms with Crippen molar-refractivity contribution in [2.75, 3.05) is 4.90 Å². The second kappa shape index (κ2) is 7.21. The van der Waals surface area contributed by atoms with Crippen LogP contribution in [0.4, 0.5) is 11.4 Å². The number of fused-ring (bicyclic) bond motifs is 2. The highest BCUT2D eigenvalue weighted by molar-refractivity contribution is 6.01. The minimum atomic E-state index is 0.822. The van der Waals surface area contributed by atoms with Crippen LogP contribution in [-0.4, -0.2) is 0 Å². The van der Waals surface area contributed by atoms with E-state index >= 15 is 0 Å². The van der Waals surface area contributed by atoms with Crippen molar-refractivity contribution < 1.29 is 0 Å². The molecule has 0 unspecified atom stereocenters. The third kappa shape index (κ3) is 3.01. The van der Waals surface area contributed by atoms with Crippen LogP contribution in [0.5, 0.6) is 0 Å². The monoisotopic (exact) mass is 359 g/mol. The lowest BCUT2D eigenvalue weighted by molar-refractivity contribution is 0.986. The highest BCUT2D eigenvalue weighted by Gasteiger charge is 2.15. The van der Waals surface area contributed by atoms with Crippen molar-refractivity contribution in [2.45, 2.75) is 6.54 Å². The number of anilines is 2. The van der Waals surface area contributed by atoms with E-state index in [2.05, 4.69) is 120 Å². The fourth-order valence-electron chi connectivity index (χ4n) is 3.95. The quantitative estimate of drug-likeness (QED) is 0.325. The molecule has 0 fully saturated rings. The number of nitrogens with zero attached hydrogens (tertiary/aromatic N) is 1. The van der Waals surface area contributed by atoms with E-state index in [0.717, 1.165) is 6.54 Å². The highest BCUT2D eigenvalue weighted by atomic mass is 15.1. The van der Waals surface area contributed by atoms with E-state index in [1.807, 2.05) is 0 Å². The predicted octanol–water partition coefficient (Wildman–Crippen LogP) is 7.33. The Morgan fingerprint density at radius 1 is 0.429 bits per heavy atom. The molecule has 0 atom stereocenters. The van der Waals surface area contributed by atoms with Crippen LogP contribution in [0.25, 0.3) is 21.5 Å². The zero-order valence-corrected chi connectivity index (χ0v) is 15.6. The Kier molecular flexibility index (Phi) is 4.27. The Balaban J connectivity index is 1.75. The third-order valence-corrected chi connectivity index (χ3v) is 5.30. The summed E-state index contributed by atoms with van der Waals surface area (Å²) in [5.74, 6) is 0. The molecule has 0 amide bonds. The van der Waals surface area contributed by atoms with Crippen LogP contribution in [0.3, 0.4) is 0 Å². The molecule has 0 N–H and O–H groups in total. The summed E-state index contributed by atoms with van der Waals surface area (Å²) in [6.07, 6.45) is 0. The highest BCUT2D eigenvalue weighted by Crippen LogP contribution is 2.37. The van der Waals surface area contributed by atoms with Crippen molar-refractivity contribution >= 4 is 32.9 Å². The first-order chi connectivity index (χ1) is 13.9. The van der Waals surface area contributed by atoms with E-state index < -0.39 is 0 Å². The van der Waals surface area contributed by atoms with E-state index in [1.54, 1.807) is 0 Å². The van der Waals surface area contributed by atoms with E-state index in [0.29, 0.717) is 0 Å². The van der Waals surface area contributed by atoms with Crippen LogP contribution in [0, 0.1) is 0 Å². The van der Waals surface area contributed by atoms with Gasteiger partial charge in [-0.25, -0.2) is 0 Å². The largest absolute Gasteiger partial charge is 0.336 e. The lowest BCUT2D eigenvalue weighted by atomic mass is 10.0. The van der Waals surface area contributed by atoms with E-state index in [4.69, 9.17) is 0 Å². The minimum absolute atomic E-state index is 0.822. The van der Waals surface area contributed by atoms with Gasteiger partial charge in [-0.3, -0.25) is 0 Å². The van der Waals surface area contributed by atoms with Crippen molar-refractivity contribution in [1.29, 1.82) is 0 Å². The maximum Gasteiger partial charge on any atom is 0.0493 e. The van der Waals surface area contributed by atoms with Gasteiger partial charge in [-0.1, -0.05) is 103 Å². The maximum absolute atomic E-state index is 2.44. The fraction of sp³-hybridized carbons (Fsp3) is 0.0370. The van der Waals surface area contributed by atoms with Gasteiger partial charge in [-0.15, -0.1) is 0 Å². The van der Waals surface area contributed by atoms with Crippen molar-refractivity contribution in [3.63, 3.8) is 0 Å². The molecule has 5 aromatic rings. The topological polar surface area (TPSA) is 3.24 Å². The van der Waals surface area contributed by atoms with Crippen molar-refractivity contribution in [2.24, 2.45) is 0 Å². The van der Waals surface area contributed by atoms with Crippen molar-refractivity contribution in [3.05, 3.63) is 121 Å². The molecule has 0 aliphatic heterocycles. The van der Waals surface area contributed by atoms with E-state index in [9.17, 15) is 0 Å². The molecular weight excluding hydrogens is 338 g/mol. The van der Waals surface area contributed by atoms with Gasteiger partial charge >= 0.3 is 0 Å². The molecular formula is C27H21N. The van der Waals surface area contributed by atoms with Crippen LogP contribution in [0.15, 0.2) is 115 Å². The van der Waals surface area contributed by atoms with Gasteiger partial charge in [0.2, 0.25) is 0 Å². The lowest BCUT2D eigenvalue weighted by Crippen LogP contribution is -2.17. The average Bonchev–Trinajstić information content (AvgIpc) is 2.78. The Morgan fingerprint density at radius 2 is 0.893 bits per heavy atom. The van der Waals surface area contributed by atoms with E-state index in [1.165, 1.54) is 38.5 Å². The number of hydrogen-bond acceptors (Lipinski definition) is 1. The molecule has 5 rings (SSSR count). The SMILES string of the molecule is c1ccc(CN(c2cccc3ccccc23)c2cccc3ccccc23)cc1. The summed E-state index contributed by atoms with van der Waals surface area (Å²) in [4.78, 5) is 2.44. The average molecular weight is 359 g/mol. The van der Waals surface area contributed by atoms with Gasteiger partial charge < -0.3 is 4.90 Å². The van der Waals surface area contributed by atoms with Gasteiger partial charge in [0.15, 0.2) is 0 Å². The van der Waals surface area contributed by atoms with Gasteiger partial charge in [0.1, 0.15) is 0 Å². The minimum Gasteiger partial charge on any atom is -0.336 e. The molecule has 0 aromatic heterocycles. The third-order valence-electron chi connectivity index (χ3n) is 5.30. The number of rotatable bonds is 4. The second-order valence-corrected chi connectivity index (χ2v) is 7.07. The zero-order valence-electron chi connectivity index (χ0n) is 15.6. The molecule has 0 saturated carbocycles. The summed E-state index contributed by atoms with van der Waals surface area (Å²) in [6.45, 7) is 0.822. The molecule has 1 nitrogen and oxygen atoms in total. The summed E-state index contributed by atoms with van der Waals surface area (Å²) >= 11 is 0. The summed E-state index contributed by atoms with van der Waals surface area (Å²) in [5.41, 5.74) is 3.76. The van der Waals surface area contributed by atoms with Gasteiger partial charge in [0, 0.05) is 28.7 Å². The molecule has 28 heavy (non-hydrogen) atoms. The first kappa shape index (κ1) is 16.6. The molecule has 0 bridgehead atoms. The molecule has 1 heteroatoms. The van der Waals surface area contributed by atoms with Crippen LogP contribution >= 0.6 is 0 Å². The Hall–Kier alpha value is -3.58. The summed E-state index contributed by atoms with van der Waals surface area (Å²) < 4.78 is 0. The van der Waals surface area contributed by atoms with Gasteiger partial charge in [0.25, 0.3) is 0 Å². The zero-order chi connectivity index (χ0) is 18.8. The smallest absolute Gasteiger partial charge is 0.0493 e. The standard InChI is InChI=1S/C27H21N/c1-2-10-21(11-3-1)20-28(26-18-8-14-22-12-4-6-16-24(22)26)27-19-9-15-23-13-5-7-17-25(23)27/h1-19H,20H2. The molecule has 0 aliphatic carbocycles. The van der Waals surface area contributed by atoms with Crippen molar-refractivity contribution in [3.8, 4) is 0 Å². The maximum atomic E-state index is 2.44. The second-order valence-electron chi connectivity index (χ2n) is 7.07. The van der Waals surface area contributed by atoms with Crippen LogP contribution < -0.4 is 4.90 Å². The molecule has 0 spiro atoms. The number of hydrogen-bond donors (Lipinski definition) is 0. The molecule has 0 radical (unpaired) electrons. The molecule has 0 heterocycles. The molecule has 5 aromatic carbocycles. The first-order valence-electron chi connectivity index (χ1n) is 9.67. The van der Waals surface area contributed by atoms with Gasteiger partial charge in [0.05, 0.1) is 0 Å². The van der Waals surface area contributed by atoms with E-state index in [-0.39, 0.29) is 0 Å². The Morgan fingerprint density at radius 3 is 1.46 bits per heavy atom. The normalized spacial score (nSPS) is 11.0. The van der Waals surface area contributed by atoms with Crippen molar-refractivity contribution in [1.82, 2.24) is 0 Å². The summed E-state index contributed by atoms with van der Waals surface area (Å²) in [5, 5.41) is 5.07. The summed E-state index contributed by atoms with van der Waals surface area (Å²) in [6, 6.07) is 41.1. The molecule has 134 valence electrons. The van der Waals surface area contributed by atoms with Gasteiger partial charge in [-0.2, -0.15) is 0 Å². The molecule has 0 aliphatic rings. The van der Waals surface area contributed by atoms with Crippen LogP contribution in [0.2, 0.25) is 0 Å². The lowest BCUT2D eigenvalue weighted by Gasteiger charge is -2.28. The fourth-order valence-corrected chi connectivity index (χ4v) is 3.95. The number of benzene rings is 5. The van der Waals surface area contributed by atoms with Crippen LogP contribution in [-0.2, 0) is 6.54 Å². The Labute approximate surface area is 165 Å². The van der Waals surface area contributed by atoms with Crippen LogP contribution in [0.1, 0.15) is 5.56 Å². The predicted molar refractivity (Wildman–Crippen MR) is 120 cm³/mol. The Bertz CT molecular complexity index is 1150. The molecule has 0 saturated heterocycles. The summed E-state index contributed by atoms with van der Waals surface area (Å²) in [7, 11) is 0.